The van der Waals surface area contributed by atoms with Gasteiger partial charge in [-0.05, 0) is 67.5 Å². The van der Waals surface area contributed by atoms with Crippen LogP contribution in [0.5, 0.6) is 11.5 Å². The van der Waals surface area contributed by atoms with Crippen molar-refractivity contribution in [3.63, 3.8) is 0 Å². The number of rotatable bonds is 4. The maximum absolute atomic E-state index is 5.38. The van der Waals surface area contributed by atoms with Crippen molar-refractivity contribution in [2.45, 2.75) is 13.8 Å². The van der Waals surface area contributed by atoms with Crippen LogP contribution in [-0.2, 0) is 0 Å². The first-order chi connectivity index (χ1) is 10.5. The van der Waals surface area contributed by atoms with Gasteiger partial charge in [0, 0.05) is 5.69 Å². The van der Waals surface area contributed by atoms with Crippen molar-refractivity contribution in [3.8, 4) is 11.5 Å². The first-order valence-corrected chi connectivity index (χ1v) is 7.31. The van der Waals surface area contributed by atoms with Crippen LogP contribution >= 0.6 is 12.2 Å². The molecule has 0 saturated heterocycles. The lowest BCUT2D eigenvalue weighted by atomic mass is 10.2. The van der Waals surface area contributed by atoms with E-state index in [1.807, 2.05) is 50.2 Å². The number of aryl methyl sites for hydroxylation is 2. The molecule has 22 heavy (non-hydrogen) atoms. The van der Waals surface area contributed by atoms with Crippen molar-refractivity contribution >= 4 is 28.7 Å². The maximum atomic E-state index is 5.38. The van der Waals surface area contributed by atoms with Crippen LogP contribution in [0.1, 0.15) is 11.1 Å². The van der Waals surface area contributed by atoms with E-state index in [1.54, 1.807) is 14.2 Å². The van der Waals surface area contributed by atoms with Crippen molar-refractivity contribution in [1.82, 2.24) is 0 Å². The van der Waals surface area contributed by atoms with Crippen LogP contribution in [-0.4, -0.2) is 19.3 Å². The lowest BCUT2D eigenvalue weighted by Gasteiger charge is -2.15. The molecular formula is C17H20N2O2S. The molecular weight excluding hydrogens is 296 g/mol. The standard InChI is InChI=1S/C17H20N2O2S/c1-11-5-8-16(21-4)15(9-11)19-17(22)18-14-7-6-13(20-3)10-12(14)2/h5-10H,1-4H3,(H2,18,19,22). The second-order valence-electron chi connectivity index (χ2n) is 4.96. The molecule has 0 unspecified atom stereocenters. The Hall–Kier alpha value is -2.27. The molecule has 2 N–H and O–H groups in total. The Labute approximate surface area is 136 Å². The molecule has 0 heterocycles. The lowest BCUT2D eigenvalue weighted by Crippen LogP contribution is -2.20. The minimum atomic E-state index is 0.511. The summed E-state index contributed by atoms with van der Waals surface area (Å²) in [4.78, 5) is 0. The summed E-state index contributed by atoms with van der Waals surface area (Å²) in [5.41, 5.74) is 3.96. The molecule has 2 rings (SSSR count). The Morgan fingerprint density at radius 2 is 1.64 bits per heavy atom. The average molecular weight is 316 g/mol. The van der Waals surface area contributed by atoms with Crippen LogP contribution in [0.25, 0.3) is 0 Å². The smallest absolute Gasteiger partial charge is 0.175 e. The molecule has 0 radical (unpaired) electrons. The fourth-order valence-electron chi connectivity index (χ4n) is 2.10. The molecule has 0 aliphatic rings. The molecule has 0 aliphatic carbocycles. The van der Waals surface area contributed by atoms with Crippen LogP contribution in [0.3, 0.4) is 0 Å². The van der Waals surface area contributed by atoms with Crippen molar-refractivity contribution in [3.05, 3.63) is 47.5 Å². The highest BCUT2D eigenvalue weighted by molar-refractivity contribution is 7.80. The maximum Gasteiger partial charge on any atom is 0.175 e. The highest BCUT2D eigenvalue weighted by atomic mass is 32.1. The van der Waals surface area contributed by atoms with Gasteiger partial charge >= 0.3 is 0 Å². The topological polar surface area (TPSA) is 42.5 Å². The first kappa shape index (κ1) is 16.1. The second kappa shape index (κ2) is 7.13. The quantitative estimate of drug-likeness (QED) is 0.830. The number of anilines is 2. The third-order valence-electron chi connectivity index (χ3n) is 3.28. The average Bonchev–Trinajstić information content (AvgIpc) is 2.49. The largest absolute Gasteiger partial charge is 0.497 e. The third-order valence-corrected chi connectivity index (χ3v) is 3.49. The number of benzene rings is 2. The van der Waals surface area contributed by atoms with Gasteiger partial charge in [-0.2, -0.15) is 0 Å². The van der Waals surface area contributed by atoms with E-state index in [2.05, 4.69) is 10.6 Å². The van der Waals surface area contributed by atoms with Crippen molar-refractivity contribution in [2.24, 2.45) is 0 Å². The minimum absolute atomic E-state index is 0.511. The first-order valence-electron chi connectivity index (χ1n) is 6.90. The molecule has 4 nitrogen and oxygen atoms in total. The zero-order valence-electron chi connectivity index (χ0n) is 13.2. The molecule has 0 spiro atoms. The van der Waals surface area contributed by atoms with Gasteiger partial charge in [-0.25, -0.2) is 0 Å². The minimum Gasteiger partial charge on any atom is -0.497 e. The van der Waals surface area contributed by atoms with Gasteiger partial charge in [-0.3, -0.25) is 0 Å². The van der Waals surface area contributed by atoms with Gasteiger partial charge in [0.25, 0.3) is 0 Å². The Bertz CT molecular complexity index is 686. The molecule has 0 saturated carbocycles. The number of methoxy groups -OCH3 is 2. The molecule has 0 aliphatic heterocycles. The van der Waals surface area contributed by atoms with E-state index in [0.29, 0.717) is 5.11 Å². The van der Waals surface area contributed by atoms with E-state index in [4.69, 9.17) is 21.7 Å². The molecule has 0 atom stereocenters. The fourth-order valence-corrected chi connectivity index (χ4v) is 2.32. The van der Waals surface area contributed by atoms with E-state index >= 15 is 0 Å². The van der Waals surface area contributed by atoms with Crippen LogP contribution in [0.15, 0.2) is 36.4 Å². The second-order valence-corrected chi connectivity index (χ2v) is 5.37. The summed E-state index contributed by atoms with van der Waals surface area (Å²) in [5, 5.41) is 6.87. The zero-order valence-corrected chi connectivity index (χ0v) is 14.0. The van der Waals surface area contributed by atoms with Crippen LogP contribution in [0.4, 0.5) is 11.4 Å². The normalized spacial score (nSPS) is 10.0. The summed E-state index contributed by atoms with van der Waals surface area (Å²) in [6, 6.07) is 11.7. The molecule has 0 amide bonds. The van der Waals surface area contributed by atoms with E-state index in [0.717, 1.165) is 34.0 Å². The van der Waals surface area contributed by atoms with E-state index in [1.165, 1.54) is 0 Å². The number of ether oxygens (including phenoxy) is 2. The number of thiocarbonyl (C=S) groups is 1. The predicted molar refractivity (Wildman–Crippen MR) is 95.3 cm³/mol. The zero-order chi connectivity index (χ0) is 16.1. The van der Waals surface area contributed by atoms with E-state index in [-0.39, 0.29) is 0 Å². The van der Waals surface area contributed by atoms with Gasteiger partial charge in [0.15, 0.2) is 5.11 Å². The Balaban J connectivity index is 2.12. The summed E-state index contributed by atoms with van der Waals surface area (Å²) in [6.45, 7) is 4.02. The van der Waals surface area contributed by atoms with Gasteiger partial charge in [0.05, 0.1) is 19.9 Å². The highest BCUT2D eigenvalue weighted by Gasteiger charge is 2.07. The molecule has 0 bridgehead atoms. The van der Waals surface area contributed by atoms with Crippen molar-refractivity contribution in [1.29, 1.82) is 0 Å². The summed E-state index contributed by atoms with van der Waals surface area (Å²) >= 11 is 5.38. The monoisotopic (exact) mass is 316 g/mol. The van der Waals surface area contributed by atoms with Gasteiger partial charge in [-0.15, -0.1) is 0 Å². The van der Waals surface area contributed by atoms with Gasteiger partial charge in [-0.1, -0.05) is 6.07 Å². The van der Waals surface area contributed by atoms with Gasteiger partial charge < -0.3 is 20.1 Å². The number of nitrogens with one attached hydrogen (secondary N) is 2. The Kier molecular flexibility index (Phi) is 5.22. The number of hydrogen-bond donors (Lipinski definition) is 2. The molecule has 2 aromatic rings. The van der Waals surface area contributed by atoms with Gasteiger partial charge in [0.2, 0.25) is 0 Å². The molecule has 116 valence electrons. The van der Waals surface area contributed by atoms with Gasteiger partial charge in [0.1, 0.15) is 11.5 Å². The lowest BCUT2D eigenvalue weighted by molar-refractivity contribution is 0.414. The molecule has 0 aromatic heterocycles. The summed E-state index contributed by atoms with van der Waals surface area (Å²) < 4.78 is 10.5. The van der Waals surface area contributed by atoms with E-state index in [9.17, 15) is 0 Å². The Morgan fingerprint density at radius 3 is 2.27 bits per heavy atom. The summed E-state index contributed by atoms with van der Waals surface area (Å²) in [5.74, 6) is 1.57. The molecule has 0 fully saturated rings. The summed E-state index contributed by atoms with van der Waals surface area (Å²) in [7, 11) is 3.29. The van der Waals surface area contributed by atoms with Crippen molar-refractivity contribution < 1.29 is 9.47 Å². The molecule has 2 aromatic carbocycles. The third kappa shape index (κ3) is 3.89. The highest BCUT2D eigenvalue weighted by Crippen LogP contribution is 2.26. The molecule has 5 heteroatoms. The van der Waals surface area contributed by atoms with Crippen LogP contribution < -0.4 is 20.1 Å². The van der Waals surface area contributed by atoms with Crippen LogP contribution in [0.2, 0.25) is 0 Å². The Morgan fingerprint density at radius 1 is 0.909 bits per heavy atom. The predicted octanol–water partition coefficient (Wildman–Crippen LogP) is 4.13. The van der Waals surface area contributed by atoms with Crippen LogP contribution in [0, 0.1) is 13.8 Å². The number of hydrogen-bond acceptors (Lipinski definition) is 3. The summed E-state index contributed by atoms with van der Waals surface area (Å²) in [6.07, 6.45) is 0. The van der Waals surface area contributed by atoms with E-state index < -0.39 is 0 Å². The SMILES string of the molecule is COc1ccc(NC(=S)Nc2cc(C)ccc2OC)c(C)c1. The fraction of sp³-hybridized carbons (Fsp3) is 0.235. The van der Waals surface area contributed by atoms with Crippen molar-refractivity contribution in [2.75, 3.05) is 24.9 Å².